The van der Waals surface area contributed by atoms with E-state index in [1.807, 2.05) is 95.7 Å². The molecule has 0 aliphatic carbocycles. The minimum Gasteiger partial charge on any atom is -0.493 e. The summed E-state index contributed by atoms with van der Waals surface area (Å²) in [5.41, 5.74) is 9.29. The number of rotatable bonds is 15. The molecule has 4 aliphatic rings. The van der Waals surface area contributed by atoms with Gasteiger partial charge in [0.25, 0.3) is 11.8 Å². The molecule has 0 saturated carbocycles. The second kappa shape index (κ2) is 19.6. The fourth-order valence-electron chi connectivity index (χ4n) is 9.94. The van der Waals surface area contributed by atoms with Gasteiger partial charge in [0.05, 0.1) is 30.4 Å². The van der Waals surface area contributed by atoms with Gasteiger partial charge >= 0.3 is 0 Å². The quantitative estimate of drug-likeness (QED) is 0.105. The highest BCUT2D eigenvalue weighted by Crippen LogP contribution is 2.42. The van der Waals surface area contributed by atoms with E-state index in [0.717, 1.165) is 46.5 Å². The fraction of sp³-hybridized carbons (Fsp3) is 0.368. The molecule has 13 heteroatoms. The van der Waals surface area contributed by atoms with Crippen LogP contribution in [0.15, 0.2) is 96.0 Å². The molecule has 5 aromatic carbocycles. The van der Waals surface area contributed by atoms with Crippen molar-refractivity contribution < 1.29 is 38.2 Å². The molecule has 2 N–H and O–H groups in total. The van der Waals surface area contributed by atoms with Gasteiger partial charge in [0.2, 0.25) is 11.8 Å². The third-order valence-electron chi connectivity index (χ3n) is 13.8. The maximum absolute atomic E-state index is 14.1. The molecular formula is C57H61N5O8. The summed E-state index contributed by atoms with van der Waals surface area (Å²) in [5.74, 6) is -0.206. The van der Waals surface area contributed by atoms with Gasteiger partial charge in [-0.1, -0.05) is 64.1 Å². The van der Waals surface area contributed by atoms with Crippen molar-refractivity contribution in [1.82, 2.24) is 5.32 Å². The van der Waals surface area contributed by atoms with Gasteiger partial charge in [-0.05, 0) is 127 Å². The van der Waals surface area contributed by atoms with Crippen molar-refractivity contribution in [3.05, 3.63) is 136 Å². The van der Waals surface area contributed by atoms with Gasteiger partial charge in [0.15, 0.2) is 17.3 Å². The van der Waals surface area contributed by atoms with Crippen molar-refractivity contribution in [3.63, 3.8) is 0 Å². The van der Waals surface area contributed by atoms with Gasteiger partial charge in [0.1, 0.15) is 19.0 Å². The number of carbonyl (C=O) groups is 5. The predicted octanol–water partition coefficient (Wildman–Crippen LogP) is 9.83. The first-order chi connectivity index (χ1) is 33.5. The van der Waals surface area contributed by atoms with E-state index >= 15 is 0 Å². The van der Waals surface area contributed by atoms with Gasteiger partial charge in [-0.15, -0.1) is 0 Å². The summed E-state index contributed by atoms with van der Waals surface area (Å²) in [6.07, 6.45) is 5.77. The molecule has 4 heterocycles. The minimum absolute atomic E-state index is 0.0172. The number of hydrogen-bond donors (Lipinski definition) is 2. The number of aliphatic imine (C=N–C) groups is 1. The van der Waals surface area contributed by atoms with Crippen LogP contribution in [0.4, 0.5) is 22.7 Å². The standard InChI is InChI=1S/C57H61N5O8/c1-33-20-45-46(58-30-43-26-40-13-9-11-15-48(40)62(43)56(45)67)29-50(33)69-31-36-22-37(24-41(23-36)60-54(65)34(2)21-49(63)35(3)59-53(64)18-19-57(4,5)6)32-70-52-27-38-16-17-42-25-39-12-8-10-14-47(39)61(42)55(66)44(38)28-51(52)68-7/h8-15,20,22-24,27-30,34-35,42-43H,16-19,21,25-26,31-32H2,1-7H3,(H,59,64)(H,60,65)/t34-,35-,42+,43-/m0/s1. The van der Waals surface area contributed by atoms with Crippen molar-refractivity contribution in [1.29, 1.82) is 0 Å². The molecule has 13 nitrogen and oxygen atoms in total. The molecule has 0 saturated heterocycles. The number of methoxy groups -OCH3 is 1. The zero-order chi connectivity index (χ0) is 49.4. The summed E-state index contributed by atoms with van der Waals surface area (Å²) in [4.78, 5) is 76.3. The lowest BCUT2D eigenvalue weighted by atomic mass is 9.90. The number of fused-ring (bicyclic) bond motifs is 8. The Morgan fingerprint density at radius 1 is 0.771 bits per heavy atom. The maximum atomic E-state index is 14.1. The average molecular weight is 944 g/mol. The highest BCUT2D eigenvalue weighted by atomic mass is 16.5. The van der Waals surface area contributed by atoms with E-state index in [-0.39, 0.29) is 66.5 Å². The first-order valence-corrected chi connectivity index (χ1v) is 24.3. The maximum Gasteiger partial charge on any atom is 0.261 e. The summed E-state index contributed by atoms with van der Waals surface area (Å²) >= 11 is 0. The minimum atomic E-state index is -0.738. The number of carbonyl (C=O) groups excluding carboxylic acids is 5. The van der Waals surface area contributed by atoms with E-state index in [1.165, 1.54) is 5.56 Å². The van der Waals surface area contributed by atoms with Crippen LogP contribution in [-0.4, -0.2) is 60.9 Å². The molecule has 4 aliphatic heterocycles. The monoisotopic (exact) mass is 943 g/mol. The zero-order valence-electron chi connectivity index (χ0n) is 41.0. The zero-order valence-corrected chi connectivity index (χ0v) is 41.0. The van der Waals surface area contributed by atoms with Crippen LogP contribution in [0.25, 0.3) is 0 Å². The number of anilines is 3. The molecular weight excluding hydrogens is 883 g/mol. The van der Waals surface area contributed by atoms with E-state index in [1.54, 1.807) is 33.1 Å². The Bertz CT molecular complexity index is 2940. The number of ketones is 1. The molecule has 0 radical (unpaired) electrons. The smallest absolute Gasteiger partial charge is 0.261 e. The summed E-state index contributed by atoms with van der Waals surface area (Å²) < 4.78 is 18.8. The first-order valence-electron chi connectivity index (χ1n) is 24.3. The second-order valence-corrected chi connectivity index (χ2v) is 20.4. The normalized spacial score (nSPS) is 17.4. The number of nitrogens with zero attached hydrogens (tertiary/aromatic N) is 3. The number of benzene rings is 5. The molecule has 5 aromatic rings. The van der Waals surface area contributed by atoms with Gasteiger partial charge in [-0.3, -0.25) is 33.9 Å². The van der Waals surface area contributed by atoms with Crippen LogP contribution in [0.3, 0.4) is 0 Å². The number of nitrogens with one attached hydrogen (secondary N) is 2. The number of ether oxygens (including phenoxy) is 3. The van der Waals surface area contributed by atoms with Crippen LogP contribution >= 0.6 is 0 Å². The van der Waals surface area contributed by atoms with E-state index < -0.39 is 12.0 Å². The van der Waals surface area contributed by atoms with Gasteiger partial charge in [0, 0.05) is 66.1 Å². The van der Waals surface area contributed by atoms with Crippen molar-refractivity contribution in [3.8, 4) is 17.2 Å². The lowest BCUT2D eigenvalue weighted by molar-refractivity contribution is -0.129. The van der Waals surface area contributed by atoms with E-state index in [2.05, 4.69) is 37.5 Å². The van der Waals surface area contributed by atoms with Crippen LogP contribution in [0.5, 0.6) is 17.2 Å². The van der Waals surface area contributed by atoms with Crippen LogP contribution in [0, 0.1) is 18.3 Å². The van der Waals surface area contributed by atoms with Gasteiger partial charge < -0.3 is 29.7 Å². The number of Topliss-reactive ketones (excluding diaryl/α,β-unsaturated/α-hetero) is 1. The molecule has 0 unspecified atom stereocenters. The largest absolute Gasteiger partial charge is 0.493 e. The Kier molecular flexibility index (Phi) is 13.4. The first kappa shape index (κ1) is 47.8. The molecule has 0 fully saturated rings. The van der Waals surface area contributed by atoms with Crippen LogP contribution in [0.2, 0.25) is 0 Å². The van der Waals surface area contributed by atoms with Crippen molar-refractivity contribution >= 4 is 58.4 Å². The van der Waals surface area contributed by atoms with E-state index in [4.69, 9.17) is 19.2 Å². The molecule has 4 atom stereocenters. The van der Waals surface area contributed by atoms with Crippen molar-refractivity contribution in [2.75, 3.05) is 22.2 Å². The van der Waals surface area contributed by atoms with E-state index in [0.29, 0.717) is 71.0 Å². The van der Waals surface area contributed by atoms with Crippen LogP contribution in [-0.2, 0) is 46.9 Å². The Morgan fingerprint density at radius 2 is 1.43 bits per heavy atom. The van der Waals surface area contributed by atoms with Crippen LogP contribution < -0.4 is 34.6 Å². The topological polar surface area (TPSA) is 156 Å². The third kappa shape index (κ3) is 10.1. The number of para-hydroxylation sites is 2. The fourth-order valence-corrected chi connectivity index (χ4v) is 9.94. The van der Waals surface area contributed by atoms with Crippen molar-refractivity contribution in [2.24, 2.45) is 16.3 Å². The number of aryl methyl sites for hydroxylation is 2. The van der Waals surface area contributed by atoms with E-state index in [9.17, 15) is 24.0 Å². The summed E-state index contributed by atoms with van der Waals surface area (Å²) in [7, 11) is 1.55. The molecule has 362 valence electrons. The molecule has 0 aromatic heterocycles. The average Bonchev–Trinajstić information content (AvgIpc) is 3.83. The summed E-state index contributed by atoms with van der Waals surface area (Å²) in [6, 6.07) is 28.0. The summed E-state index contributed by atoms with van der Waals surface area (Å²) in [6.45, 7) is 11.6. The van der Waals surface area contributed by atoms with Crippen molar-refractivity contribution in [2.45, 2.75) is 118 Å². The number of amides is 4. The number of hydrogen-bond acceptors (Lipinski definition) is 9. The second-order valence-electron chi connectivity index (χ2n) is 20.4. The Hall–Kier alpha value is -7.28. The predicted molar refractivity (Wildman–Crippen MR) is 271 cm³/mol. The Morgan fingerprint density at radius 3 is 2.13 bits per heavy atom. The summed E-state index contributed by atoms with van der Waals surface area (Å²) in [5, 5.41) is 5.81. The Balaban J connectivity index is 0.940. The highest BCUT2D eigenvalue weighted by molar-refractivity contribution is 6.14. The highest BCUT2D eigenvalue weighted by Gasteiger charge is 2.39. The SMILES string of the molecule is COc1cc2c(cc1OCc1cc(COc3cc4c(cc3C)C(=O)N3c5ccccc5C[C@H]3C=N4)cc(NC(=O)[C@@H](C)CC(=O)[C@H](C)NC(=O)CCC(C)(C)C)c1)CC[C@@H]1Cc3ccccc3N1C2=O. The lowest BCUT2D eigenvalue weighted by Crippen LogP contribution is -2.40. The van der Waals surface area contributed by atoms with Gasteiger partial charge in [-0.2, -0.15) is 0 Å². The Labute approximate surface area is 409 Å². The molecule has 70 heavy (non-hydrogen) atoms. The molecule has 0 spiro atoms. The third-order valence-corrected chi connectivity index (χ3v) is 13.8. The van der Waals surface area contributed by atoms with Gasteiger partial charge in [-0.25, -0.2) is 0 Å². The molecule has 9 rings (SSSR count). The lowest BCUT2D eigenvalue weighted by Gasteiger charge is -2.23. The molecule has 4 amide bonds. The molecule has 0 bridgehead atoms. The van der Waals surface area contributed by atoms with Crippen LogP contribution in [0.1, 0.15) is 114 Å².